The summed E-state index contributed by atoms with van der Waals surface area (Å²) in [7, 11) is 1.67. The Morgan fingerprint density at radius 2 is 1.64 bits per heavy atom. The van der Waals surface area contributed by atoms with Crippen molar-refractivity contribution in [2.24, 2.45) is 10.8 Å². The maximum Gasteiger partial charge on any atom is 0.236 e. The summed E-state index contributed by atoms with van der Waals surface area (Å²) in [6, 6.07) is 0.327. The lowest BCUT2D eigenvalue weighted by molar-refractivity contribution is -0.122. The summed E-state index contributed by atoms with van der Waals surface area (Å²) in [6.45, 7) is 10.9. The Bertz CT molecular complexity index is 232. The van der Waals surface area contributed by atoms with Gasteiger partial charge in [-0.05, 0) is 17.8 Å². The van der Waals surface area contributed by atoms with Crippen molar-refractivity contribution in [2.45, 2.75) is 46.7 Å². The number of nitrogens with one attached hydrogen (secondary N) is 2. The fourth-order valence-electron chi connectivity index (χ4n) is 2.16. The van der Waals surface area contributed by atoms with Crippen LogP contribution in [0.15, 0.2) is 0 Å². The monoisotopic (exact) mass is 198 g/mol. The fraction of sp³-hybridized carbons (Fsp3) is 0.909. The predicted octanol–water partition coefficient (Wildman–Crippen LogP) is 1.15. The molecule has 3 heteroatoms. The molecule has 1 aliphatic rings. The molecule has 1 aliphatic carbocycles. The number of rotatable bonds is 3. The summed E-state index contributed by atoms with van der Waals surface area (Å²) in [5.41, 5.74) is 0.574. The molecular weight excluding hydrogens is 176 g/mol. The molecule has 1 atom stereocenters. The second-order valence-electron chi connectivity index (χ2n) is 5.38. The van der Waals surface area contributed by atoms with Crippen molar-refractivity contribution < 1.29 is 4.79 Å². The fourth-order valence-corrected chi connectivity index (χ4v) is 2.16. The van der Waals surface area contributed by atoms with Gasteiger partial charge in [-0.3, -0.25) is 4.79 Å². The van der Waals surface area contributed by atoms with Gasteiger partial charge < -0.3 is 10.6 Å². The number of likely N-dealkylation sites (N-methyl/N-ethyl adjacent to an activating group) is 1. The van der Waals surface area contributed by atoms with Crippen LogP contribution < -0.4 is 10.6 Å². The molecule has 1 saturated carbocycles. The Balaban J connectivity index is 2.53. The van der Waals surface area contributed by atoms with Crippen molar-refractivity contribution >= 4 is 5.91 Å². The summed E-state index contributed by atoms with van der Waals surface area (Å²) in [5, 5.41) is 6.02. The Kier molecular flexibility index (Phi) is 2.65. The summed E-state index contributed by atoms with van der Waals surface area (Å²) in [6.07, 6.45) is 0. The second-order valence-corrected chi connectivity index (χ2v) is 5.38. The van der Waals surface area contributed by atoms with E-state index in [2.05, 4.69) is 38.3 Å². The molecule has 0 aromatic rings. The normalized spacial score (nSPS) is 25.6. The molecule has 0 aromatic carbocycles. The van der Waals surface area contributed by atoms with Gasteiger partial charge in [0.15, 0.2) is 0 Å². The third-order valence-electron chi connectivity index (χ3n) is 4.08. The van der Waals surface area contributed by atoms with Crippen molar-refractivity contribution in [3.63, 3.8) is 0 Å². The summed E-state index contributed by atoms with van der Waals surface area (Å²) >= 11 is 0. The van der Waals surface area contributed by atoms with Crippen LogP contribution in [0, 0.1) is 10.8 Å². The third-order valence-corrected chi connectivity index (χ3v) is 4.08. The maximum absolute atomic E-state index is 11.3. The van der Waals surface area contributed by atoms with Crippen LogP contribution in [0.5, 0.6) is 0 Å². The van der Waals surface area contributed by atoms with Gasteiger partial charge in [-0.25, -0.2) is 0 Å². The Labute approximate surface area is 86.6 Å². The van der Waals surface area contributed by atoms with Crippen molar-refractivity contribution in [3.05, 3.63) is 0 Å². The minimum Gasteiger partial charge on any atom is -0.358 e. The maximum atomic E-state index is 11.3. The molecular formula is C11H22N2O. The van der Waals surface area contributed by atoms with E-state index in [1.165, 1.54) is 0 Å². The number of carbonyl (C=O) groups excluding carboxylic acids is 1. The first-order valence-electron chi connectivity index (χ1n) is 5.22. The zero-order chi connectivity index (χ0) is 11.1. The Morgan fingerprint density at radius 3 is 1.93 bits per heavy atom. The highest BCUT2D eigenvalue weighted by molar-refractivity contribution is 5.81. The van der Waals surface area contributed by atoms with E-state index in [4.69, 9.17) is 0 Å². The summed E-state index contributed by atoms with van der Waals surface area (Å²) < 4.78 is 0. The highest BCUT2D eigenvalue weighted by Crippen LogP contribution is 2.62. The first-order chi connectivity index (χ1) is 6.25. The molecule has 0 heterocycles. The SMILES string of the molecule is CNC(=O)C(C)NC1C(C)(C)C1(C)C. The lowest BCUT2D eigenvalue weighted by atomic mass is 10.0. The standard InChI is InChI=1S/C11H22N2O/c1-7(8(14)12-6)13-9-10(2,3)11(9,4)5/h7,9,13H,1-6H3,(H,12,14). The molecule has 0 saturated heterocycles. The number of carbonyl (C=O) groups is 1. The van der Waals surface area contributed by atoms with Gasteiger partial charge in [0.1, 0.15) is 0 Å². The first kappa shape index (κ1) is 11.5. The van der Waals surface area contributed by atoms with Crippen LogP contribution in [-0.2, 0) is 4.79 Å². The van der Waals surface area contributed by atoms with Gasteiger partial charge in [-0.15, -0.1) is 0 Å². The number of hydrogen-bond donors (Lipinski definition) is 2. The zero-order valence-corrected chi connectivity index (χ0v) is 10.1. The van der Waals surface area contributed by atoms with Gasteiger partial charge in [0.2, 0.25) is 5.91 Å². The average Bonchev–Trinajstić information content (AvgIpc) is 2.46. The topological polar surface area (TPSA) is 41.1 Å². The summed E-state index contributed by atoms with van der Waals surface area (Å²) in [5.74, 6) is 0.0588. The zero-order valence-electron chi connectivity index (χ0n) is 10.1. The Hall–Kier alpha value is -0.570. The molecule has 1 rings (SSSR count). The van der Waals surface area contributed by atoms with E-state index in [1.54, 1.807) is 7.05 Å². The number of hydrogen-bond acceptors (Lipinski definition) is 2. The molecule has 0 aliphatic heterocycles. The van der Waals surface area contributed by atoms with E-state index in [1.807, 2.05) is 6.92 Å². The van der Waals surface area contributed by atoms with Gasteiger partial charge in [0, 0.05) is 13.1 Å². The van der Waals surface area contributed by atoms with Gasteiger partial charge in [-0.2, -0.15) is 0 Å². The largest absolute Gasteiger partial charge is 0.358 e. The second kappa shape index (κ2) is 3.23. The van der Waals surface area contributed by atoms with E-state index < -0.39 is 0 Å². The van der Waals surface area contributed by atoms with Crippen molar-refractivity contribution in [1.29, 1.82) is 0 Å². The van der Waals surface area contributed by atoms with Crippen LogP contribution in [0.2, 0.25) is 0 Å². The minimum absolute atomic E-state index is 0.0588. The van der Waals surface area contributed by atoms with E-state index in [0.717, 1.165) is 0 Å². The lowest BCUT2D eigenvalue weighted by Gasteiger charge is -2.13. The van der Waals surface area contributed by atoms with Crippen molar-refractivity contribution in [3.8, 4) is 0 Å². The van der Waals surface area contributed by atoms with Crippen LogP contribution in [0.4, 0.5) is 0 Å². The smallest absolute Gasteiger partial charge is 0.236 e. The molecule has 3 nitrogen and oxygen atoms in total. The van der Waals surface area contributed by atoms with Gasteiger partial charge in [0.05, 0.1) is 6.04 Å². The molecule has 0 spiro atoms. The van der Waals surface area contributed by atoms with Crippen LogP contribution in [0.25, 0.3) is 0 Å². The van der Waals surface area contributed by atoms with E-state index >= 15 is 0 Å². The van der Waals surface area contributed by atoms with Crippen LogP contribution in [0.1, 0.15) is 34.6 Å². The summed E-state index contributed by atoms with van der Waals surface area (Å²) in [4.78, 5) is 11.3. The van der Waals surface area contributed by atoms with Crippen molar-refractivity contribution in [2.75, 3.05) is 7.05 Å². The lowest BCUT2D eigenvalue weighted by Crippen LogP contribution is -2.43. The van der Waals surface area contributed by atoms with Crippen molar-refractivity contribution in [1.82, 2.24) is 10.6 Å². The highest BCUT2D eigenvalue weighted by Gasteiger charge is 2.64. The van der Waals surface area contributed by atoms with Crippen LogP contribution in [0.3, 0.4) is 0 Å². The molecule has 14 heavy (non-hydrogen) atoms. The quantitative estimate of drug-likeness (QED) is 0.714. The van der Waals surface area contributed by atoms with E-state index in [9.17, 15) is 4.79 Å². The Morgan fingerprint density at radius 1 is 1.21 bits per heavy atom. The van der Waals surface area contributed by atoms with Crippen LogP contribution in [-0.4, -0.2) is 25.0 Å². The minimum atomic E-state index is -0.106. The molecule has 0 bridgehead atoms. The molecule has 1 fully saturated rings. The molecule has 0 radical (unpaired) electrons. The van der Waals surface area contributed by atoms with Gasteiger partial charge in [0.25, 0.3) is 0 Å². The average molecular weight is 198 g/mol. The molecule has 1 amide bonds. The van der Waals surface area contributed by atoms with Gasteiger partial charge >= 0.3 is 0 Å². The van der Waals surface area contributed by atoms with Gasteiger partial charge in [-0.1, -0.05) is 27.7 Å². The van der Waals surface area contributed by atoms with E-state index in [-0.39, 0.29) is 22.8 Å². The highest BCUT2D eigenvalue weighted by atomic mass is 16.2. The first-order valence-corrected chi connectivity index (χ1v) is 5.22. The molecule has 82 valence electrons. The van der Waals surface area contributed by atoms with Crippen LogP contribution >= 0.6 is 0 Å². The predicted molar refractivity (Wildman–Crippen MR) is 58.0 cm³/mol. The molecule has 2 N–H and O–H groups in total. The molecule has 0 aromatic heterocycles. The van der Waals surface area contributed by atoms with E-state index in [0.29, 0.717) is 6.04 Å². The third kappa shape index (κ3) is 1.54. The number of amides is 1. The molecule has 1 unspecified atom stereocenters.